The van der Waals surface area contributed by atoms with Gasteiger partial charge < -0.3 is 4.74 Å². The second-order valence-electron chi connectivity index (χ2n) is 3.01. The van der Waals surface area contributed by atoms with Crippen LogP contribution in [0.25, 0.3) is 0 Å². The second-order valence-corrected chi connectivity index (χ2v) is 5.18. The standard InChI is InChI=1S/C11H19BrOS/c1-5-11(9(2)10(3)12)13-7-6-8-14-4/h5H,6-8H2,1-4H3/b10-9+,11-5+. The Morgan fingerprint density at radius 2 is 2.07 bits per heavy atom. The molecule has 0 amide bonds. The van der Waals surface area contributed by atoms with Crippen LogP contribution < -0.4 is 0 Å². The summed E-state index contributed by atoms with van der Waals surface area (Å²) in [6.07, 6.45) is 5.23. The van der Waals surface area contributed by atoms with Crippen molar-refractivity contribution in [1.29, 1.82) is 0 Å². The van der Waals surface area contributed by atoms with Crippen LogP contribution in [0.4, 0.5) is 0 Å². The monoisotopic (exact) mass is 278 g/mol. The van der Waals surface area contributed by atoms with Crippen LogP contribution in [0.5, 0.6) is 0 Å². The van der Waals surface area contributed by atoms with Gasteiger partial charge in [-0.2, -0.15) is 11.8 Å². The number of halogens is 1. The number of rotatable bonds is 6. The molecule has 0 fully saturated rings. The van der Waals surface area contributed by atoms with E-state index in [9.17, 15) is 0 Å². The molecule has 3 heteroatoms. The van der Waals surface area contributed by atoms with E-state index < -0.39 is 0 Å². The van der Waals surface area contributed by atoms with Gasteiger partial charge in [-0.25, -0.2) is 0 Å². The van der Waals surface area contributed by atoms with Crippen LogP contribution in [0.15, 0.2) is 21.9 Å². The van der Waals surface area contributed by atoms with E-state index in [-0.39, 0.29) is 0 Å². The van der Waals surface area contributed by atoms with Gasteiger partial charge in [0.25, 0.3) is 0 Å². The first-order valence-corrected chi connectivity index (χ1v) is 6.93. The molecule has 0 radical (unpaired) electrons. The lowest BCUT2D eigenvalue weighted by Gasteiger charge is -2.11. The number of hydrogen-bond acceptors (Lipinski definition) is 2. The first kappa shape index (κ1) is 14.1. The minimum atomic E-state index is 0.804. The van der Waals surface area contributed by atoms with E-state index in [0.29, 0.717) is 0 Å². The Morgan fingerprint density at radius 3 is 2.50 bits per heavy atom. The highest BCUT2D eigenvalue weighted by Crippen LogP contribution is 2.19. The highest BCUT2D eigenvalue weighted by atomic mass is 79.9. The zero-order valence-electron chi connectivity index (χ0n) is 9.39. The van der Waals surface area contributed by atoms with E-state index in [0.717, 1.165) is 29.0 Å². The summed E-state index contributed by atoms with van der Waals surface area (Å²) in [5.74, 6) is 2.15. The summed E-state index contributed by atoms with van der Waals surface area (Å²) in [5.41, 5.74) is 1.18. The van der Waals surface area contributed by atoms with Gasteiger partial charge in [0.1, 0.15) is 5.76 Å². The van der Waals surface area contributed by atoms with Crippen LogP contribution in [-0.2, 0) is 4.74 Å². The Hall–Kier alpha value is 0.110. The lowest BCUT2D eigenvalue weighted by Crippen LogP contribution is -1.98. The summed E-state index contributed by atoms with van der Waals surface area (Å²) in [6, 6.07) is 0. The van der Waals surface area contributed by atoms with E-state index >= 15 is 0 Å². The summed E-state index contributed by atoms with van der Waals surface area (Å²) in [4.78, 5) is 0. The van der Waals surface area contributed by atoms with Crippen molar-refractivity contribution in [2.45, 2.75) is 27.2 Å². The lowest BCUT2D eigenvalue weighted by molar-refractivity contribution is 0.220. The minimum absolute atomic E-state index is 0.804. The van der Waals surface area contributed by atoms with Gasteiger partial charge in [0, 0.05) is 5.57 Å². The quantitative estimate of drug-likeness (QED) is 0.406. The molecule has 0 spiro atoms. The molecule has 0 N–H and O–H groups in total. The van der Waals surface area contributed by atoms with Crippen molar-refractivity contribution in [3.05, 3.63) is 21.9 Å². The van der Waals surface area contributed by atoms with E-state index in [4.69, 9.17) is 4.74 Å². The molecular weight excluding hydrogens is 260 g/mol. The van der Waals surface area contributed by atoms with Crippen LogP contribution in [0.1, 0.15) is 27.2 Å². The van der Waals surface area contributed by atoms with Gasteiger partial charge in [-0.05, 0) is 49.8 Å². The van der Waals surface area contributed by atoms with Gasteiger partial charge in [-0.3, -0.25) is 0 Å². The van der Waals surface area contributed by atoms with E-state index in [1.165, 1.54) is 5.57 Å². The van der Waals surface area contributed by atoms with E-state index in [1.807, 2.05) is 31.7 Å². The van der Waals surface area contributed by atoms with Gasteiger partial charge in [0.15, 0.2) is 0 Å². The highest BCUT2D eigenvalue weighted by molar-refractivity contribution is 9.11. The Kier molecular flexibility index (Phi) is 8.49. The third kappa shape index (κ3) is 5.76. The topological polar surface area (TPSA) is 9.23 Å². The molecule has 0 bridgehead atoms. The Balaban J connectivity index is 4.01. The summed E-state index contributed by atoms with van der Waals surface area (Å²) >= 11 is 5.31. The van der Waals surface area contributed by atoms with Crippen LogP contribution >= 0.6 is 27.7 Å². The average molecular weight is 279 g/mol. The predicted molar refractivity (Wildman–Crippen MR) is 70.0 cm³/mol. The molecule has 0 saturated carbocycles. The molecule has 0 aromatic heterocycles. The largest absolute Gasteiger partial charge is 0.494 e. The van der Waals surface area contributed by atoms with Gasteiger partial charge >= 0.3 is 0 Å². The molecule has 14 heavy (non-hydrogen) atoms. The van der Waals surface area contributed by atoms with Crippen molar-refractivity contribution in [3.8, 4) is 0 Å². The minimum Gasteiger partial charge on any atom is -0.494 e. The van der Waals surface area contributed by atoms with Crippen molar-refractivity contribution in [3.63, 3.8) is 0 Å². The Labute approximate surface area is 100 Å². The average Bonchev–Trinajstić information content (AvgIpc) is 2.17. The fourth-order valence-electron chi connectivity index (χ4n) is 0.963. The van der Waals surface area contributed by atoms with E-state index in [2.05, 4.69) is 29.1 Å². The zero-order chi connectivity index (χ0) is 11.0. The van der Waals surface area contributed by atoms with Crippen molar-refractivity contribution in [1.82, 2.24) is 0 Å². The van der Waals surface area contributed by atoms with Crippen molar-refractivity contribution < 1.29 is 4.74 Å². The number of thioether (sulfide) groups is 1. The van der Waals surface area contributed by atoms with Gasteiger partial charge in [-0.1, -0.05) is 15.9 Å². The molecule has 0 aliphatic rings. The Morgan fingerprint density at radius 1 is 1.43 bits per heavy atom. The molecule has 0 aromatic rings. The van der Waals surface area contributed by atoms with Crippen LogP contribution in [0, 0.1) is 0 Å². The molecule has 0 heterocycles. The van der Waals surface area contributed by atoms with Gasteiger partial charge in [0.2, 0.25) is 0 Å². The fourth-order valence-corrected chi connectivity index (χ4v) is 1.57. The molecule has 82 valence electrons. The summed E-state index contributed by atoms with van der Waals surface area (Å²) < 4.78 is 6.81. The molecule has 0 aliphatic carbocycles. The second kappa shape index (κ2) is 8.42. The van der Waals surface area contributed by atoms with E-state index in [1.54, 1.807) is 0 Å². The SMILES string of the molecule is C/C=C(OCCCSC)\C(C)=C(/C)Br. The number of allylic oxidation sites excluding steroid dienone is 3. The van der Waals surface area contributed by atoms with Crippen molar-refractivity contribution in [2.75, 3.05) is 18.6 Å². The van der Waals surface area contributed by atoms with Crippen LogP contribution in [0.2, 0.25) is 0 Å². The van der Waals surface area contributed by atoms with Crippen molar-refractivity contribution in [2.24, 2.45) is 0 Å². The molecule has 0 unspecified atom stereocenters. The molecule has 0 saturated heterocycles. The third-order valence-corrected chi connectivity index (χ3v) is 3.19. The fraction of sp³-hybridized carbons (Fsp3) is 0.636. The molecule has 0 aliphatic heterocycles. The summed E-state index contributed by atoms with van der Waals surface area (Å²) in [5, 5.41) is 0. The van der Waals surface area contributed by atoms with Crippen LogP contribution in [-0.4, -0.2) is 18.6 Å². The first-order valence-electron chi connectivity index (χ1n) is 4.74. The predicted octanol–water partition coefficient (Wildman–Crippen LogP) is 4.35. The number of ether oxygens (including phenoxy) is 1. The maximum absolute atomic E-state index is 5.68. The van der Waals surface area contributed by atoms with Gasteiger partial charge in [-0.15, -0.1) is 0 Å². The number of hydrogen-bond donors (Lipinski definition) is 0. The van der Waals surface area contributed by atoms with Gasteiger partial charge in [0.05, 0.1) is 6.61 Å². The van der Waals surface area contributed by atoms with Crippen molar-refractivity contribution >= 4 is 27.7 Å². The first-order chi connectivity index (χ1) is 6.63. The molecule has 0 atom stereocenters. The normalized spacial score (nSPS) is 13.9. The van der Waals surface area contributed by atoms with Crippen LogP contribution in [0.3, 0.4) is 0 Å². The molecule has 1 nitrogen and oxygen atoms in total. The third-order valence-electron chi connectivity index (χ3n) is 1.90. The molecular formula is C11H19BrOS. The molecule has 0 aromatic carbocycles. The highest BCUT2D eigenvalue weighted by Gasteiger charge is 2.02. The summed E-state index contributed by atoms with van der Waals surface area (Å²) in [7, 11) is 0. The maximum atomic E-state index is 5.68. The maximum Gasteiger partial charge on any atom is 0.118 e. The zero-order valence-corrected chi connectivity index (χ0v) is 11.8. The smallest absolute Gasteiger partial charge is 0.118 e. The Bertz CT molecular complexity index is 217. The lowest BCUT2D eigenvalue weighted by atomic mass is 10.2. The molecule has 0 rings (SSSR count). The summed E-state index contributed by atoms with van der Waals surface area (Å²) in [6.45, 7) is 6.90.